The van der Waals surface area contributed by atoms with Gasteiger partial charge in [-0.3, -0.25) is 4.79 Å². The molecule has 0 heterocycles. The summed E-state index contributed by atoms with van der Waals surface area (Å²) in [5.41, 5.74) is 7.00. The van der Waals surface area contributed by atoms with Crippen molar-refractivity contribution in [3.63, 3.8) is 0 Å². The highest BCUT2D eigenvalue weighted by Gasteiger charge is 2.13. The lowest BCUT2D eigenvalue weighted by molar-refractivity contribution is 0.0759. The summed E-state index contributed by atoms with van der Waals surface area (Å²) >= 11 is 0. The molecular formula is C14H23N3O. The molecule has 1 amide bonds. The lowest BCUT2D eigenvalue weighted by Gasteiger charge is -2.22. The van der Waals surface area contributed by atoms with E-state index >= 15 is 0 Å². The maximum atomic E-state index is 12.3. The Balaban J connectivity index is 2.62. The van der Waals surface area contributed by atoms with Crippen molar-refractivity contribution in [2.24, 2.45) is 0 Å². The average Bonchev–Trinajstić information content (AvgIpc) is 2.33. The molecule has 0 saturated carbocycles. The maximum Gasteiger partial charge on any atom is 0.253 e. The molecule has 1 aromatic carbocycles. The Kier molecular flexibility index (Phi) is 5.65. The van der Waals surface area contributed by atoms with Crippen molar-refractivity contribution in [3.8, 4) is 0 Å². The van der Waals surface area contributed by atoms with Gasteiger partial charge in [0.15, 0.2) is 0 Å². The molecule has 4 nitrogen and oxygen atoms in total. The highest BCUT2D eigenvalue weighted by Crippen LogP contribution is 2.10. The largest absolute Gasteiger partial charge is 0.399 e. The van der Waals surface area contributed by atoms with Crippen LogP contribution in [0.1, 0.15) is 23.7 Å². The molecule has 0 atom stereocenters. The number of hydrogen-bond donors (Lipinski definition) is 1. The predicted octanol–water partition coefficient (Wildman–Crippen LogP) is 1.68. The summed E-state index contributed by atoms with van der Waals surface area (Å²) in [6.45, 7) is 4.49. The van der Waals surface area contributed by atoms with E-state index in [0.29, 0.717) is 11.3 Å². The second kappa shape index (κ2) is 7.01. The number of anilines is 1. The number of benzene rings is 1. The molecule has 0 aliphatic rings. The lowest BCUT2D eigenvalue weighted by atomic mass is 10.1. The summed E-state index contributed by atoms with van der Waals surface area (Å²) in [4.78, 5) is 16.2. The van der Waals surface area contributed by atoms with Gasteiger partial charge in [-0.1, -0.05) is 6.07 Å². The Hall–Kier alpha value is -1.55. The molecule has 100 valence electrons. The zero-order chi connectivity index (χ0) is 13.5. The first-order valence-electron chi connectivity index (χ1n) is 6.34. The molecule has 0 bridgehead atoms. The van der Waals surface area contributed by atoms with E-state index < -0.39 is 0 Å². The van der Waals surface area contributed by atoms with Gasteiger partial charge in [-0.05, 0) is 52.2 Å². The molecule has 18 heavy (non-hydrogen) atoms. The fourth-order valence-corrected chi connectivity index (χ4v) is 1.84. The van der Waals surface area contributed by atoms with Crippen molar-refractivity contribution in [1.82, 2.24) is 9.80 Å². The second-order valence-corrected chi connectivity index (χ2v) is 4.67. The standard InChI is InChI=1S/C14H23N3O/c1-4-17(10-6-9-16(2)3)14(18)12-7-5-8-13(15)11-12/h5,7-8,11H,4,6,9-10,15H2,1-3H3. The minimum atomic E-state index is 0.0588. The van der Waals surface area contributed by atoms with E-state index in [9.17, 15) is 4.79 Å². The van der Waals surface area contributed by atoms with Crippen molar-refractivity contribution >= 4 is 11.6 Å². The van der Waals surface area contributed by atoms with E-state index in [1.165, 1.54) is 0 Å². The van der Waals surface area contributed by atoms with E-state index in [1.54, 1.807) is 12.1 Å². The van der Waals surface area contributed by atoms with Gasteiger partial charge in [0, 0.05) is 24.3 Å². The third-order valence-corrected chi connectivity index (χ3v) is 2.84. The van der Waals surface area contributed by atoms with Gasteiger partial charge in [-0.15, -0.1) is 0 Å². The minimum Gasteiger partial charge on any atom is -0.399 e. The lowest BCUT2D eigenvalue weighted by Crippen LogP contribution is -2.33. The molecule has 0 saturated heterocycles. The third kappa shape index (κ3) is 4.37. The molecule has 0 fully saturated rings. The first-order valence-corrected chi connectivity index (χ1v) is 6.34. The van der Waals surface area contributed by atoms with E-state index in [0.717, 1.165) is 26.1 Å². The van der Waals surface area contributed by atoms with Crippen LogP contribution in [-0.2, 0) is 0 Å². The Morgan fingerprint density at radius 3 is 2.56 bits per heavy atom. The van der Waals surface area contributed by atoms with Gasteiger partial charge in [-0.25, -0.2) is 0 Å². The normalized spacial score (nSPS) is 10.7. The third-order valence-electron chi connectivity index (χ3n) is 2.84. The van der Waals surface area contributed by atoms with Gasteiger partial charge in [-0.2, -0.15) is 0 Å². The van der Waals surface area contributed by atoms with Crippen molar-refractivity contribution in [2.45, 2.75) is 13.3 Å². The molecule has 0 spiro atoms. The minimum absolute atomic E-state index is 0.0588. The summed E-state index contributed by atoms with van der Waals surface area (Å²) in [6.07, 6.45) is 0.981. The van der Waals surface area contributed by atoms with Crippen LogP contribution < -0.4 is 5.73 Å². The summed E-state index contributed by atoms with van der Waals surface area (Å²) in [7, 11) is 4.08. The van der Waals surface area contributed by atoms with Crippen LogP contribution in [0, 0.1) is 0 Å². The smallest absolute Gasteiger partial charge is 0.253 e. The second-order valence-electron chi connectivity index (χ2n) is 4.67. The van der Waals surface area contributed by atoms with E-state index in [1.807, 2.05) is 38.1 Å². The molecule has 0 aliphatic carbocycles. The van der Waals surface area contributed by atoms with Crippen LogP contribution in [0.5, 0.6) is 0 Å². The van der Waals surface area contributed by atoms with Gasteiger partial charge in [0.25, 0.3) is 5.91 Å². The zero-order valence-electron chi connectivity index (χ0n) is 11.5. The van der Waals surface area contributed by atoms with Crippen LogP contribution >= 0.6 is 0 Å². The Morgan fingerprint density at radius 2 is 2.00 bits per heavy atom. The van der Waals surface area contributed by atoms with Crippen molar-refractivity contribution in [2.75, 3.05) is 39.5 Å². The summed E-state index contributed by atoms with van der Waals surface area (Å²) in [5.74, 6) is 0.0588. The highest BCUT2D eigenvalue weighted by molar-refractivity contribution is 5.95. The van der Waals surface area contributed by atoms with Crippen LogP contribution in [0.3, 0.4) is 0 Å². The fourth-order valence-electron chi connectivity index (χ4n) is 1.84. The molecule has 0 aromatic heterocycles. The van der Waals surface area contributed by atoms with Gasteiger partial charge in [0.05, 0.1) is 0 Å². The van der Waals surface area contributed by atoms with E-state index in [2.05, 4.69) is 4.90 Å². The summed E-state index contributed by atoms with van der Waals surface area (Å²) in [6, 6.07) is 7.15. The monoisotopic (exact) mass is 249 g/mol. The Morgan fingerprint density at radius 1 is 1.28 bits per heavy atom. The van der Waals surface area contributed by atoms with Crippen LogP contribution in [0.25, 0.3) is 0 Å². The SMILES string of the molecule is CCN(CCCN(C)C)C(=O)c1cccc(N)c1. The van der Waals surface area contributed by atoms with Crippen molar-refractivity contribution in [3.05, 3.63) is 29.8 Å². The number of carbonyl (C=O) groups is 1. The number of nitrogen functional groups attached to an aromatic ring is 1. The summed E-state index contributed by atoms with van der Waals surface area (Å²) < 4.78 is 0. The molecule has 4 heteroatoms. The van der Waals surface area contributed by atoms with E-state index in [-0.39, 0.29) is 5.91 Å². The number of carbonyl (C=O) groups excluding carboxylic acids is 1. The van der Waals surface area contributed by atoms with Crippen LogP contribution in [0.15, 0.2) is 24.3 Å². The molecule has 0 aliphatic heterocycles. The molecule has 0 unspecified atom stereocenters. The Bertz CT molecular complexity index is 390. The summed E-state index contributed by atoms with van der Waals surface area (Å²) in [5, 5.41) is 0. The van der Waals surface area contributed by atoms with Gasteiger partial charge in [0.2, 0.25) is 0 Å². The highest BCUT2D eigenvalue weighted by atomic mass is 16.2. The van der Waals surface area contributed by atoms with Crippen LogP contribution in [-0.4, -0.2) is 49.4 Å². The van der Waals surface area contributed by atoms with Crippen LogP contribution in [0.4, 0.5) is 5.69 Å². The van der Waals surface area contributed by atoms with Gasteiger partial charge >= 0.3 is 0 Å². The molecule has 1 rings (SSSR count). The Labute approximate surface area is 109 Å². The molecule has 1 aromatic rings. The first-order chi connectivity index (χ1) is 8.54. The van der Waals surface area contributed by atoms with Crippen LogP contribution in [0.2, 0.25) is 0 Å². The molecular weight excluding hydrogens is 226 g/mol. The molecule has 2 N–H and O–H groups in total. The fraction of sp³-hybridized carbons (Fsp3) is 0.500. The quantitative estimate of drug-likeness (QED) is 0.780. The van der Waals surface area contributed by atoms with Crippen molar-refractivity contribution < 1.29 is 4.79 Å². The van der Waals surface area contributed by atoms with Crippen molar-refractivity contribution in [1.29, 1.82) is 0 Å². The first kappa shape index (κ1) is 14.5. The molecule has 0 radical (unpaired) electrons. The number of nitrogens with two attached hydrogens (primary N) is 1. The number of rotatable bonds is 6. The number of amides is 1. The maximum absolute atomic E-state index is 12.3. The zero-order valence-corrected chi connectivity index (χ0v) is 11.5. The van der Waals surface area contributed by atoms with Gasteiger partial charge < -0.3 is 15.5 Å². The number of hydrogen-bond acceptors (Lipinski definition) is 3. The topological polar surface area (TPSA) is 49.6 Å². The van der Waals surface area contributed by atoms with Gasteiger partial charge in [0.1, 0.15) is 0 Å². The average molecular weight is 249 g/mol. The predicted molar refractivity (Wildman–Crippen MR) is 75.6 cm³/mol. The van der Waals surface area contributed by atoms with E-state index in [4.69, 9.17) is 5.73 Å². The number of nitrogens with zero attached hydrogens (tertiary/aromatic N) is 2.